The first-order valence-corrected chi connectivity index (χ1v) is 7.37. The predicted octanol–water partition coefficient (Wildman–Crippen LogP) is 4.14. The van der Waals surface area contributed by atoms with Gasteiger partial charge >= 0.3 is 0 Å². The molecule has 0 bridgehead atoms. The molecule has 3 aromatic rings. The van der Waals surface area contributed by atoms with E-state index in [0.717, 1.165) is 24.2 Å². The van der Waals surface area contributed by atoms with Crippen molar-refractivity contribution in [1.82, 2.24) is 15.0 Å². The summed E-state index contributed by atoms with van der Waals surface area (Å²) in [5.74, 6) is 0.811. The van der Waals surface area contributed by atoms with Gasteiger partial charge in [0.25, 0.3) is 0 Å². The van der Waals surface area contributed by atoms with Crippen LogP contribution in [-0.4, -0.2) is 15.0 Å². The number of rotatable bonds is 6. The molecule has 22 heavy (non-hydrogen) atoms. The van der Waals surface area contributed by atoms with E-state index in [0.29, 0.717) is 5.65 Å². The van der Waals surface area contributed by atoms with Gasteiger partial charge in [0, 0.05) is 12.4 Å². The fourth-order valence-electron chi connectivity index (χ4n) is 2.41. The third kappa shape index (κ3) is 3.28. The normalized spacial score (nSPS) is 12.0. The number of pyridine rings is 1. The van der Waals surface area contributed by atoms with Gasteiger partial charge in [-0.3, -0.25) is 4.98 Å². The lowest BCUT2D eigenvalue weighted by atomic mass is 10.0. The van der Waals surface area contributed by atoms with Gasteiger partial charge < -0.3 is 5.32 Å². The van der Waals surface area contributed by atoms with Crippen LogP contribution in [0.1, 0.15) is 24.4 Å². The standard InChI is InChI=1S/C18H18N4/c1-2-3-9-15(14-7-5-4-6-8-14)21-17-11-10-16-18(22-17)20-13-12-19-16/h2,4-8,10-13,15H,1,3,9H2,(H,20,21,22). The molecule has 0 saturated heterocycles. The van der Waals surface area contributed by atoms with E-state index in [-0.39, 0.29) is 6.04 Å². The zero-order valence-electron chi connectivity index (χ0n) is 12.3. The summed E-state index contributed by atoms with van der Waals surface area (Å²) < 4.78 is 0. The Morgan fingerprint density at radius 3 is 2.68 bits per heavy atom. The zero-order valence-corrected chi connectivity index (χ0v) is 12.3. The topological polar surface area (TPSA) is 50.7 Å². The summed E-state index contributed by atoms with van der Waals surface area (Å²) in [5, 5.41) is 3.50. The molecule has 1 unspecified atom stereocenters. The maximum atomic E-state index is 4.54. The van der Waals surface area contributed by atoms with Crippen molar-refractivity contribution in [3.05, 3.63) is 73.1 Å². The summed E-state index contributed by atoms with van der Waals surface area (Å²) in [7, 11) is 0. The Bertz CT molecular complexity index is 755. The summed E-state index contributed by atoms with van der Waals surface area (Å²) in [4.78, 5) is 13.0. The van der Waals surface area contributed by atoms with Crippen LogP contribution in [0.2, 0.25) is 0 Å². The molecule has 1 atom stereocenters. The number of aromatic nitrogens is 3. The molecular formula is C18H18N4. The van der Waals surface area contributed by atoms with Gasteiger partial charge in [-0.2, -0.15) is 0 Å². The molecule has 2 aromatic heterocycles. The first-order chi connectivity index (χ1) is 10.9. The summed E-state index contributed by atoms with van der Waals surface area (Å²) in [6, 6.07) is 14.5. The molecule has 0 amide bonds. The van der Waals surface area contributed by atoms with Crippen LogP contribution in [0.15, 0.2) is 67.5 Å². The highest BCUT2D eigenvalue weighted by molar-refractivity contribution is 5.71. The number of hydrogen-bond donors (Lipinski definition) is 1. The number of nitrogens with zero attached hydrogens (tertiary/aromatic N) is 3. The number of allylic oxidation sites excluding steroid dienone is 1. The molecule has 0 aliphatic carbocycles. The highest BCUT2D eigenvalue weighted by Gasteiger charge is 2.11. The van der Waals surface area contributed by atoms with Crippen molar-refractivity contribution in [2.24, 2.45) is 0 Å². The fourth-order valence-corrected chi connectivity index (χ4v) is 2.41. The molecule has 0 aliphatic heterocycles. The first kappa shape index (κ1) is 14.2. The molecular weight excluding hydrogens is 272 g/mol. The molecule has 4 heteroatoms. The molecule has 0 aliphatic rings. The van der Waals surface area contributed by atoms with Crippen molar-refractivity contribution in [3.8, 4) is 0 Å². The Kier molecular flexibility index (Phi) is 4.39. The molecule has 0 radical (unpaired) electrons. The van der Waals surface area contributed by atoms with Gasteiger partial charge in [0.2, 0.25) is 0 Å². The molecule has 2 heterocycles. The Morgan fingerprint density at radius 1 is 1.05 bits per heavy atom. The highest BCUT2D eigenvalue weighted by Crippen LogP contribution is 2.23. The third-order valence-corrected chi connectivity index (χ3v) is 3.52. The van der Waals surface area contributed by atoms with E-state index in [4.69, 9.17) is 0 Å². The van der Waals surface area contributed by atoms with Crippen molar-refractivity contribution in [1.29, 1.82) is 0 Å². The number of hydrogen-bond acceptors (Lipinski definition) is 4. The lowest BCUT2D eigenvalue weighted by Crippen LogP contribution is -2.11. The summed E-state index contributed by atoms with van der Waals surface area (Å²) >= 11 is 0. The minimum Gasteiger partial charge on any atom is -0.363 e. The maximum Gasteiger partial charge on any atom is 0.180 e. The molecule has 0 spiro atoms. The minimum atomic E-state index is 0.195. The van der Waals surface area contributed by atoms with E-state index in [1.165, 1.54) is 5.56 Å². The van der Waals surface area contributed by atoms with Crippen LogP contribution < -0.4 is 5.32 Å². The summed E-state index contributed by atoms with van der Waals surface area (Å²) in [6.45, 7) is 3.81. The number of anilines is 1. The van der Waals surface area contributed by atoms with Gasteiger partial charge in [-0.25, -0.2) is 9.97 Å². The Hall–Kier alpha value is -2.75. The fraction of sp³-hybridized carbons (Fsp3) is 0.167. The second-order valence-corrected chi connectivity index (χ2v) is 5.07. The van der Waals surface area contributed by atoms with E-state index in [9.17, 15) is 0 Å². The van der Waals surface area contributed by atoms with E-state index < -0.39 is 0 Å². The molecule has 1 N–H and O–H groups in total. The van der Waals surface area contributed by atoms with Gasteiger partial charge in [-0.05, 0) is 30.5 Å². The lowest BCUT2D eigenvalue weighted by molar-refractivity contribution is 0.702. The molecule has 4 nitrogen and oxygen atoms in total. The van der Waals surface area contributed by atoms with Crippen molar-refractivity contribution >= 4 is 17.0 Å². The SMILES string of the molecule is C=CCCC(Nc1ccc2nccnc2n1)c1ccccc1. The molecule has 0 fully saturated rings. The van der Waals surface area contributed by atoms with E-state index in [2.05, 4.69) is 51.1 Å². The zero-order chi connectivity index (χ0) is 15.2. The Balaban J connectivity index is 1.86. The van der Waals surface area contributed by atoms with Crippen molar-refractivity contribution in [2.75, 3.05) is 5.32 Å². The monoisotopic (exact) mass is 290 g/mol. The van der Waals surface area contributed by atoms with E-state index in [1.54, 1.807) is 12.4 Å². The number of benzene rings is 1. The van der Waals surface area contributed by atoms with Crippen LogP contribution in [0.4, 0.5) is 5.82 Å². The molecule has 0 saturated carbocycles. The summed E-state index contributed by atoms with van der Waals surface area (Å²) in [6.07, 6.45) is 7.18. The van der Waals surface area contributed by atoms with Crippen molar-refractivity contribution < 1.29 is 0 Å². The van der Waals surface area contributed by atoms with Crippen LogP contribution in [0.25, 0.3) is 11.2 Å². The largest absolute Gasteiger partial charge is 0.363 e. The highest BCUT2D eigenvalue weighted by atomic mass is 15.0. The smallest absolute Gasteiger partial charge is 0.180 e. The lowest BCUT2D eigenvalue weighted by Gasteiger charge is -2.19. The van der Waals surface area contributed by atoms with Gasteiger partial charge in [-0.1, -0.05) is 36.4 Å². The van der Waals surface area contributed by atoms with Gasteiger partial charge in [0.05, 0.1) is 6.04 Å². The molecule has 1 aromatic carbocycles. The van der Waals surface area contributed by atoms with Crippen molar-refractivity contribution in [2.45, 2.75) is 18.9 Å². The maximum absolute atomic E-state index is 4.54. The number of nitrogens with one attached hydrogen (secondary N) is 1. The predicted molar refractivity (Wildman–Crippen MR) is 89.6 cm³/mol. The van der Waals surface area contributed by atoms with Crippen LogP contribution >= 0.6 is 0 Å². The minimum absolute atomic E-state index is 0.195. The third-order valence-electron chi connectivity index (χ3n) is 3.52. The Labute approximate surface area is 130 Å². The number of fused-ring (bicyclic) bond motifs is 1. The second-order valence-electron chi connectivity index (χ2n) is 5.07. The van der Waals surface area contributed by atoms with Crippen LogP contribution in [0, 0.1) is 0 Å². The quantitative estimate of drug-likeness (QED) is 0.693. The summed E-state index contributed by atoms with van der Waals surface area (Å²) in [5.41, 5.74) is 2.70. The first-order valence-electron chi connectivity index (χ1n) is 7.37. The molecule has 110 valence electrons. The average Bonchev–Trinajstić information content (AvgIpc) is 2.59. The van der Waals surface area contributed by atoms with Gasteiger partial charge in [0.1, 0.15) is 11.3 Å². The van der Waals surface area contributed by atoms with Crippen LogP contribution in [-0.2, 0) is 0 Å². The second kappa shape index (κ2) is 6.80. The van der Waals surface area contributed by atoms with E-state index >= 15 is 0 Å². The van der Waals surface area contributed by atoms with E-state index in [1.807, 2.05) is 24.3 Å². The van der Waals surface area contributed by atoms with Crippen LogP contribution in [0.5, 0.6) is 0 Å². The van der Waals surface area contributed by atoms with Crippen molar-refractivity contribution in [3.63, 3.8) is 0 Å². The average molecular weight is 290 g/mol. The van der Waals surface area contributed by atoms with Crippen LogP contribution in [0.3, 0.4) is 0 Å². The van der Waals surface area contributed by atoms with Gasteiger partial charge in [-0.15, -0.1) is 6.58 Å². The molecule has 3 rings (SSSR count). The van der Waals surface area contributed by atoms with Gasteiger partial charge in [0.15, 0.2) is 5.65 Å². The Morgan fingerprint density at radius 2 is 1.86 bits per heavy atom.